The molecule has 2 N–H and O–H groups in total. The fourth-order valence-corrected chi connectivity index (χ4v) is 2.12. The molecule has 4 heteroatoms. The highest BCUT2D eigenvalue weighted by atomic mass is 16.5. The molecule has 98 valence electrons. The lowest BCUT2D eigenvalue weighted by molar-refractivity contribution is -0.137. The number of nitrogens with two attached hydrogens (primary N) is 1. The van der Waals surface area contributed by atoms with Gasteiger partial charge in [0.15, 0.2) is 0 Å². The van der Waals surface area contributed by atoms with Crippen LogP contribution in [0.3, 0.4) is 0 Å². The summed E-state index contributed by atoms with van der Waals surface area (Å²) in [6.07, 6.45) is 1.36. The van der Waals surface area contributed by atoms with Crippen LogP contribution < -0.4 is 10.5 Å². The van der Waals surface area contributed by atoms with Gasteiger partial charge in [-0.05, 0) is 30.7 Å². The number of methoxy groups -OCH3 is 1. The van der Waals surface area contributed by atoms with Gasteiger partial charge in [-0.25, -0.2) is 0 Å². The van der Waals surface area contributed by atoms with Crippen molar-refractivity contribution in [3.63, 3.8) is 0 Å². The lowest BCUT2D eigenvalue weighted by atomic mass is 9.99. The summed E-state index contributed by atoms with van der Waals surface area (Å²) in [7, 11) is 1.65. The second kappa shape index (κ2) is 5.87. The summed E-state index contributed by atoms with van der Waals surface area (Å²) in [6, 6.07) is 7.86. The van der Waals surface area contributed by atoms with Crippen LogP contribution in [0.4, 0.5) is 0 Å². The highest BCUT2D eigenvalue weighted by molar-refractivity contribution is 5.77. The minimum absolute atomic E-state index is 0.232. The van der Waals surface area contributed by atoms with Crippen molar-refractivity contribution in [1.29, 1.82) is 0 Å². The summed E-state index contributed by atoms with van der Waals surface area (Å²) in [5.74, 6) is 1.59. The predicted octanol–water partition coefficient (Wildman–Crippen LogP) is 1.04. The fourth-order valence-electron chi connectivity index (χ4n) is 2.12. The van der Waals surface area contributed by atoms with E-state index in [-0.39, 0.29) is 5.91 Å². The highest BCUT2D eigenvalue weighted by Crippen LogP contribution is 2.17. The average Bonchev–Trinajstić information content (AvgIpc) is 2.36. The van der Waals surface area contributed by atoms with Crippen molar-refractivity contribution in [2.24, 2.45) is 11.7 Å². The van der Waals surface area contributed by atoms with Gasteiger partial charge in [0.2, 0.25) is 5.91 Å². The van der Waals surface area contributed by atoms with Crippen molar-refractivity contribution in [1.82, 2.24) is 4.90 Å². The van der Waals surface area contributed by atoms with Gasteiger partial charge < -0.3 is 15.4 Å². The number of benzene rings is 1. The summed E-state index contributed by atoms with van der Waals surface area (Å²) in [4.78, 5) is 13.7. The smallest absolute Gasteiger partial charge is 0.222 e. The Morgan fingerprint density at radius 3 is 2.61 bits per heavy atom. The number of amides is 1. The molecule has 1 amide bonds. The fraction of sp³-hybridized carbons (Fsp3) is 0.500. The largest absolute Gasteiger partial charge is 0.497 e. The predicted molar refractivity (Wildman–Crippen MR) is 70.4 cm³/mol. The number of carbonyl (C=O) groups excluding carboxylic acids is 1. The van der Waals surface area contributed by atoms with E-state index in [0.29, 0.717) is 18.9 Å². The normalized spacial score (nSPS) is 15.3. The maximum absolute atomic E-state index is 11.8. The first-order chi connectivity index (χ1) is 8.72. The molecular weight excluding hydrogens is 228 g/mol. The summed E-state index contributed by atoms with van der Waals surface area (Å²) < 4.78 is 5.10. The summed E-state index contributed by atoms with van der Waals surface area (Å²) in [5.41, 5.74) is 6.71. The zero-order valence-corrected chi connectivity index (χ0v) is 10.8. The van der Waals surface area contributed by atoms with E-state index in [1.807, 2.05) is 29.2 Å². The van der Waals surface area contributed by atoms with Crippen molar-refractivity contribution >= 4 is 5.91 Å². The Kier molecular flexibility index (Phi) is 4.20. The monoisotopic (exact) mass is 248 g/mol. The third-order valence-electron chi connectivity index (χ3n) is 3.43. The van der Waals surface area contributed by atoms with Gasteiger partial charge in [0, 0.05) is 25.4 Å². The van der Waals surface area contributed by atoms with E-state index < -0.39 is 0 Å². The summed E-state index contributed by atoms with van der Waals surface area (Å²) in [6.45, 7) is 2.35. The number of likely N-dealkylation sites (tertiary alicyclic amines) is 1. The van der Waals surface area contributed by atoms with Gasteiger partial charge in [0.1, 0.15) is 5.75 Å². The molecule has 0 spiro atoms. The van der Waals surface area contributed by atoms with Crippen molar-refractivity contribution in [3.8, 4) is 5.75 Å². The Morgan fingerprint density at radius 1 is 1.39 bits per heavy atom. The first-order valence-corrected chi connectivity index (χ1v) is 6.33. The molecule has 1 fully saturated rings. The first kappa shape index (κ1) is 12.9. The minimum atomic E-state index is 0.232. The molecule has 0 aromatic heterocycles. The molecule has 0 saturated carbocycles. The number of carbonyl (C=O) groups is 1. The van der Waals surface area contributed by atoms with Gasteiger partial charge in [0.25, 0.3) is 0 Å². The molecular formula is C14H20N2O2. The van der Waals surface area contributed by atoms with Crippen LogP contribution in [0.1, 0.15) is 12.0 Å². The van der Waals surface area contributed by atoms with Crippen molar-refractivity contribution < 1.29 is 9.53 Å². The van der Waals surface area contributed by atoms with Gasteiger partial charge in [0.05, 0.1) is 7.11 Å². The van der Waals surface area contributed by atoms with Crippen LogP contribution in [-0.4, -0.2) is 37.6 Å². The van der Waals surface area contributed by atoms with Crippen LogP contribution in [0.25, 0.3) is 0 Å². The van der Waals surface area contributed by atoms with Crippen LogP contribution in [0.15, 0.2) is 24.3 Å². The van der Waals surface area contributed by atoms with Gasteiger partial charge in [-0.1, -0.05) is 12.1 Å². The second-order valence-corrected chi connectivity index (χ2v) is 4.75. The van der Waals surface area contributed by atoms with E-state index in [0.717, 1.165) is 25.3 Å². The number of ether oxygens (including phenoxy) is 1. The van der Waals surface area contributed by atoms with Gasteiger partial charge in [-0.3, -0.25) is 4.79 Å². The van der Waals surface area contributed by atoms with E-state index in [9.17, 15) is 4.79 Å². The Balaban J connectivity index is 1.75. The molecule has 0 bridgehead atoms. The van der Waals surface area contributed by atoms with Gasteiger partial charge in [-0.2, -0.15) is 0 Å². The highest BCUT2D eigenvalue weighted by Gasteiger charge is 2.28. The molecule has 0 unspecified atom stereocenters. The number of nitrogens with zero attached hydrogens (tertiary/aromatic N) is 1. The van der Waals surface area contributed by atoms with E-state index in [1.54, 1.807) is 7.11 Å². The van der Waals surface area contributed by atoms with Crippen LogP contribution in [0.2, 0.25) is 0 Å². The van der Waals surface area contributed by atoms with E-state index in [1.165, 1.54) is 5.56 Å². The van der Waals surface area contributed by atoms with Gasteiger partial charge >= 0.3 is 0 Å². The topological polar surface area (TPSA) is 55.6 Å². The SMILES string of the molecule is COc1ccc(CCC(=O)N2CC(CN)C2)cc1. The molecule has 0 aliphatic carbocycles. The van der Waals surface area contributed by atoms with Gasteiger partial charge in [-0.15, -0.1) is 0 Å². The van der Waals surface area contributed by atoms with E-state index >= 15 is 0 Å². The van der Waals surface area contributed by atoms with Crippen molar-refractivity contribution in [3.05, 3.63) is 29.8 Å². The molecule has 0 radical (unpaired) electrons. The summed E-state index contributed by atoms with van der Waals surface area (Å²) in [5, 5.41) is 0. The molecule has 18 heavy (non-hydrogen) atoms. The van der Waals surface area contributed by atoms with Crippen LogP contribution in [-0.2, 0) is 11.2 Å². The molecule has 1 aliphatic rings. The Hall–Kier alpha value is -1.55. The number of hydrogen-bond donors (Lipinski definition) is 1. The third kappa shape index (κ3) is 3.01. The third-order valence-corrected chi connectivity index (χ3v) is 3.43. The Morgan fingerprint density at radius 2 is 2.06 bits per heavy atom. The second-order valence-electron chi connectivity index (χ2n) is 4.75. The van der Waals surface area contributed by atoms with Crippen molar-refractivity contribution in [2.45, 2.75) is 12.8 Å². The van der Waals surface area contributed by atoms with Crippen LogP contribution in [0, 0.1) is 5.92 Å². The number of aryl methyl sites for hydroxylation is 1. The minimum Gasteiger partial charge on any atom is -0.497 e. The van der Waals surface area contributed by atoms with Crippen molar-refractivity contribution in [2.75, 3.05) is 26.7 Å². The van der Waals surface area contributed by atoms with E-state index in [2.05, 4.69) is 0 Å². The average molecular weight is 248 g/mol. The zero-order valence-electron chi connectivity index (χ0n) is 10.8. The molecule has 4 nitrogen and oxygen atoms in total. The lowest BCUT2D eigenvalue weighted by Crippen LogP contribution is -2.52. The molecule has 0 atom stereocenters. The molecule has 2 rings (SSSR count). The Labute approximate surface area is 108 Å². The first-order valence-electron chi connectivity index (χ1n) is 6.33. The maximum atomic E-state index is 11.8. The molecule has 1 heterocycles. The lowest BCUT2D eigenvalue weighted by Gasteiger charge is -2.38. The number of hydrogen-bond acceptors (Lipinski definition) is 3. The zero-order chi connectivity index (χ0) is 13.0. The standard InChI is InChI=1S/C14H20N2O2/c1-18-13-5-2-11(3-6-13)4-7-14(17)16-9-12(8-15)10-16/h2-3,5-6,12H,4,7-10,15H2,1H3. The molecule has 1 saturated heterocycles. The number of rotatable bonds is 5. The Bertz CT molecular complexity index is 397. The molecule has 1 aromatic carbocycles. The van der Waals surface area contributed by atoms with E-state index in [4.69, 9.17) is 10.5 Å². The molecule has 1 aromatic rings. The molecule has 1 aliphatic heterocycles. The maximum Gasteiger partial charge on any atom is 0.222 e. The summed E-state index contributed by atoms with van der Waals surface area (Å²) >= 11 is 0. The van der Waals surface area contributed by atoms with Crippen LogP contribution >= 0.6 is 0 Å². The van der Waals surface area contributed by atoms with Crippen LogP contribution in [0.5, 0.6) is 5.75 Å². The quantitative estimate of drug-likeness (QED) is 0.847.